The Bertz CT molecular complexity index is 900. The summed E-state index contributed by atoms with van der Waals surface area (Å²) in [4.78, 5) is 36.9. The first-order chi connectivity index (χ1) is 13.5. The monoisotopic (exact) mass is 382 g/mol. The molecule has 7 nitrogen and oxygen atoms in total. The molecule has 1 aliphatic rings. The maximum absolute atomic E-state index is 12.2. The lowest BCUT2D eigenvalue weighted by Gasteiger charge is -2.16. The Hall–Kier alpha value is -3.35. The van der Waals surface area contributed by atoms with E-state index in [-0.39, 0.29) is 24.2 Å². The first-order valence-corrected chi connectivity index (χ1v) is 9.10. The molecule has 0 radical (unpaired) electrons. The Labute approximate surface area is 163 Å². The number of ether oxygens (including phenoxy) is 1. The third-order valence-electron chi connectivity index (χ3n) is 4.38. The molecule has 1 aliphatic heterocycles. The van der Waals surface area contributed by atoms with Crippen LogP contribution in [0.5, 0.6) is 0 Å². The van der Waals surface area contributed by atoms with Crippen molar-refractivity contribution in [2.24, 2.45) is 0 Å². The molecule has 1 fully saturated rings. The van der Waals surface area contributed by atoms with Crippen LogP contribution in [0.2, 0.25) is 0 Å². The van der Waals surface area contributed by atoms with Gasteiger partial charge in [0.05, 0.1) is 13.5 Å². The first kappa shape index (κ1) is 19.4. The van der Waals surface area contributed by atoms with Crippen molar-refractivity contribution in [2.75, 3.05) is 23.9 Å². The number of amides is 2. The topological polar surface area (TPSA) is 88.9 Å². The van der Waals surface area contributed by atoms with Crippen LogP contribution in [0, 0.1) is 0 Å². The van der Waals surface area contributed by atoms with E-state index in [1.807, 2.05) is 6.07 Å². The van der Waals surface area contributed by atoms with Crippen molar-refractivity contribution in [1.29, 1.82) is 0 Å². The average Bonchev–Trinajstić information content (AvgIpc) is 3.33. The summed E-state index contributed by atoms with van der Waals surface area (Å²) >= 11 is 0. The van der Waals surface area contributed by atoms with Gasteiger partial charge < -0.3 is 19.4 Å². The van der Waals surface area contributed by atoms with Crippen LogP contribution < -0.4 is 10.2 Å². The Morgan fingerprint density at radius 2 is 2.14 bits per heavy atom. The van der Waals surface area contributed by atoms with Gasteiger partial charge >= 0.3 is 5.97 Å². The number of hydrogen-bond acceptors (Lipinski definition) is 5. The number of nitrogens with zero attached hydrogens (tertiary/aromatic N) is 1. The van der Waals surface area contributed by atoms with E-state index in [1.165, 1.54) is 13.2 Å². The average molecular weight is 382 g/mol. The molecule has 2 aromatic rings. The quantitative estimate of drug-likeness (QED) is 0.587. The summed E-state index contributed by atoms with van der Waals surface area (Å²) in [5, 5.41) is 2.78. The zero-order valence-corrected chi connectivity index (χ0v) is 15.6. The standard InChI is InChI=1S/C21H22N2O5/c1-27-21(26)12-10-18-8-7-17(28-18)9-11-19(24)22-15-4-2-5-16(14-15)23-13-3-6-20(23)25/h2,4-5,7-9,11,14H,3,6,10,12-13H2,1H3,(H,22,24)/b11-9+. The fourth-order valence-electron chi connectivity index (χ4n) is 2.96. The van der Waals surface area contributed by atoms with E-state index >= 15 is 0 Å². The number of carbonyl (C=O) groups is 3. The first-order valence-electron chi connectivity index (χ1n) is 9.10. The Morgan fingerprint density at radius 3 is 2.89 bits per heavy atom. The minimum atomic E-state index is -0.308. The van der Waals surface area contributed by atoms with Gasteiger partial charge in [-0.25, -0.2) is 0 Å². The van der Waals surface area contributed by atoms with Gasteiger partial charge in [-0.05, 0) is 42.8 Å². The van der Waals surface area contributed by atoms with Crippen molar-refractivity contribution in [1.82, 2.24) is 0 Å². The number of benzene rings is 1. The molecule has 3 rings (SSSR count). The van der Waals surface area contributed by atoms with Gasteiger partial charge in [0, 0.05) is 36.8 Å². The highest BCUT2D eigenvalue weighted by Gasteiger charge is 2.21. The molecule has 1 N–H and O–H groups in total. The third kappa shape index (κ3) is 5.09. The maximum atomic E-state index is 12.2. The molecule has 0 spiro atoms. The molecule has 2 amide bonds. The van der Waals surface area contributed by atoms with Gasteiger partial charge in [0.1, 0.15) is 11.5 Å². The molecule has 7 heteroatoms. The molecule has 0 atom stereocenters. The van der Waals surface area contributed by atoms with Crippen molar-refractivity contribution < 1.29 is 23.5 Å². The Kier molecular flexibility index (Phi) is 6.26. The van der Waals surface area contributed by atoms with E-state index < -0.39 is 0 Å². The van der Waals surface area contributed by atoms with E-state index in [0.29, 0.717) is 36.6 Å². The van der Waals surface area contributed by atoms with E-state index in [2.05, 4.69) is 10.1 Å². The van der Waals surface area contributed by atoms with Crippen LogP contribution in [0.25, 0.3) is 6.08 Å². The number of aryl methyl sites for hydroxylation is 1. The molecule has 146 valence electrons. The second kappa shape index (κ2) is 9.03. The van der Waals surface area contributed by atoms with Crippen LogP contribution in [0.1, 0.15) is 30.8 Å². The number of methoxy groups -OCH3 is 1. The summed E-state index contributed by atoms with van der Waals surface area (Å²) in [6, 6.07) is 10.7. The van der Waals surface area contributed by atoms with Gasteiger partial charge in [0.25, 0.3) is 0 Å². The molecule has 0 saturated carbocycles. The van der Waals surface area contributed by atoms with Crippen LogP contribution in [-0.2, 0) is 25.5 Å². The van der Waals surface area contributed by atoms with Crippen molar-refractivity contribution in [3.63, 3.8) is 0 Å². The van der Waals surface area contributed by atoms with E-state index in [1.54, 1.807) is 41.3 Å². The SMILES string of the molecule is COC(=O)CCc1ccc(/C=C/C(=O)Nc2cccc(N3CCCC3=O)c2)o1. The predicted octanol–water partition coefficient (Wildman–Crippen LogP) is 3.16. The van der Waals surface area contributed by atoms with Crippen LogP contribution in [-0.4, -0.2) is 31.4 Å². The summed E-state index contributed by atoms with van der Waals surface area (Å²) in [7, 11) is 1.34. The number of furan rings is 1. The fraction of sp³-hybridized carbons (Fsp3) is 0.286. The minimum absolute atomic E-state index is 0.101. The van der Waals surface area contributed by atoms with E-state index in [0.717, 1.165) is 12.1 Å². The number of esters is 1. The lowest BCUT2D eigenvalue weighted by molar-refractivity contribution is -0.140. The second-order valence-electron chi connectivity index (χ2n) is 6.40. The van der Waals surface area contributed by atoms with Gasteiger partial charge in [-0.1, -0.05) is 6.07 Å². The number of nitrogens with one attached hydrogen (secondary N) is 1. The highest BCUT2D eigenvalue weighted by molar-refractivity contribution is 6.02. The Morgan fingerprint density at radius 1 is 1.29 bits per heavy atom. The lowest BCUT2D eigenvalue weighted by Crippen LogP contribution is -2.23. The molecule has 1 aromatic heterocycles. The smallest absolute Gasteiger partial charge is 0.305 e. The molecule has 1 aromatic carbocycles. The van der Waals surface area contributed by atoms with Gasteiger partial charge in [-0.15, -0.1) is 0 Å². The molecule has 2 heterocycles. The fourth-order valence-corrected chi connectivity index (χ4v) is 2.96. The second-order valence-corrected chi connectivity index (χ2v) is 6.40. The highest BCUT2D eigenvalue weighted by Crippen LogP contribution is 2.24. The lowest BCUT2D eigenvalue weighted by atomic mass is 10.2. The molecule has 1 saturated heterocycles. The zero-order valence-electron chi connectivity index (χ0n) is 15.6. The van der Waals surface area contributed by atoms with Gasteiger partial charge in [0.15, 0.2) is 0 Å². The van der Waals surface area contributed by atoms with Crippen LogP contribution >= 0.6 is 0 Å². The molecular formula is C21H22N2O5. The van der Waals surface area contributed by atoms with E-state index in [4.69, 9.17) is 4.42 Å². The summed E-state index contributed by atoms with van der Waals surface area (Å²) in [5.74, 6) is 0.659. The van der Waals surface area contributed by atoms with E-state index in [9.17, 15) is 14.4 Å². The predicted molar refractivity (Wildman–Crippen MR) is 105 cm³/mol. The molecule has 28 heavy (non-hydrogen) atoms. The van der Waals surface area contributed by atoms with Crippen molar-refractivity contribution in [3.8, 4) is 0 Å². The zero-order chi connectivity index (χ0) is 19.9. The molecular weight excluding hydrogens is 360 g/mol. The summed E-state index contributed by atoms with van der Waals surface area (Å²) in [5.41, 5.74) is 1.40. The van der Waals surface area contributed by atoms with Crippen LogP contribution in [0.15, 0.2) is 46.9 Å². The van der Waals surface area contributed by atoms with Gasteiger partial charge in [-0.3, -0.25) is 14.4 Å². The van der Waals surface area contributed by atoms with Crippen LogP contribution in [0.3, 0.4) is 0 Å². The van der Waals surface area contributed by atoms with Crippen molar-refractivity contribution in [2.45, 2.75) is 25.7 Å². The number of anilines is 2. The molecule has 0 aliphatic carbocycles. The summed E-state index contributed by atoms with van der Waals surface area (Å²) in [6.07, 6.45) is 5.02. The molecule has 0 bridgehead atoms. The Balaban J connectivity index is 1.56. The number of carbonyl (C=O) groups excluding carboxylic acids is 3. The maximum Gasteiger partial charge on any atom is 0.305 e. The number of rotatable bonds is 7. The number of hydrogen-bond donors (Lipinski definition) is 1. The third-order valence-corrected chi connectivity index (χ3v) is 4.38. The normalized spacial score (nSPS) is 13.9. The summed E-state index contributed by atoms with van der Waals surface area (Å²) in [6.45, 7) is 0.701. The molecule has 0 unspecified atom stereocenters. The van der Waals surface area contributed by atoms with Crippen LogP contribution in [0.4, 0.5) is 11.4 Å². The summed E-state index contributed by atoms with van der Waals surface area (Å²) < 4.78 is 10.2. The van der Waals surface area contributed by atoms with Gasteiger partial charge in [0.2, 0.25) is 11.8 Å². The highest BCUT2D eigenvalue weighted by atomic mass is 16.5. The van der Waals surface area contributed by atoms with Crippen molar-refractivity contribution in [3.05, 3.63) is 54.0 Å². The van der Waals surface area contributed by atoms with Crippen molar-refractivity contribution >= 4 is 35.2 Å². The minimum Gasteiger partial charge on any atom is -0.469 e. The van der Waals surface area contributed by atoms with Gasteiger partial charge in [-0.2, -0.15) is 0 Å². The largest absolute Gasteiger partial charge is 0.469 e.